The number of carbonyl (C=O) groups is 1. The zero-order valence-electron chi connectivity index (χ0n) is 10.0. The van der Waals surface area contributed by atoms with Crippen LogP contribution < -0.4 is 4.74 Å². The van der Waals surface area contributed by atoms with E-state index < -0.39 is 0 Å². The summed E-state index contributed by atoms with van der Waals surface area (Å²) in [6.07, 6.45) is 0.272. The smallest absolute Gasteiger partial charge is 0.226 e. The van der Waals surface area contributed by atoms with Gasteiger partial charge in [0.2, 0.25) is 5.91 Å². The highest BCUT2D eigenvalue weighted by molar-refractivity contribution is 5.77. The van der Waals surface area contributed by atoms with E-state index in [1.54, 1.807) is 17.0 Å². The lowest BCUT2D eigenvalue weighted by atomic mass is 10.0. The van der Waals surface area contributed by atoms with Crippen LogP contribution in [0.3, 0.4) is 0 Å². The van der Waals surface area contributed by atoms with Crippen LogP contribution in [0.1, 0.15) is 6.42 Å². The Hall–Kier alpha value is -1.62. The second-order valence-electron chi connectivity index (χ2n) is 4.40. The number of nitrogens with zero attached hydrogens (tertiary/aromatic N) is 1. The maximum atomic E-state index is 12.8. The third-order valence-corrected chi connectivity index (χ3v) is 2.95. The molecule has 0 radical (unpaired) electrons. The predicted octanol–water partition coefficient (Wildman–Crippen LogP) is 1.05. The molecule has 1 saturated heterocycles. The van der Waals surface area contributed by atoms with Crippen molar-refractivity contribution in [2.24, 2.45) is 5.92 Å². The SMILES string of the molecule is O=C(CCOc1cccc(F)c1)N1CC(CO)C1. The number of likely N-dealkylation sites (tertiary alicyclic amines) is 1. The van der Waals surface area contributed by atoms with E-state index in [0.717, 1.165) is 0 Å². The van der Waals surface area contributed by atoms with Gasteiger partial charge in [0.15, 0.2) is 0 Å². The average molecular weight is 253 g/mol. The van der Waals surface area contributed by atoms with Gasteiger partial charge in [0.1, 0.15) is 11.6 Å². The van der Waals surface area contributed by atoms with Crippen LogP contribution >= 0.6 is 0 Å². The highest BCUT2D eigenvalue weighted by atomic mass is 19.1. The molecule has 0 aromatic heterocycles. The molecule has 1 N–H and O–H groups in total. The number of ether oxygens (including phenoxy) is 1. The Morgan fingerprint density at radius 1 is 1.50 bits per heavy atom. The molecule has 0 spiro atoms. The third kappa shape index (κ3) is 3.20. The first-order chi connectivity index (χ1) is 8.69. The highest BCUT2D eigenvalue weighted by Gasteiger charge is 2.29. The molecule has 1 heterocycles. The van der Waals surface area contributed by atoms with Gasteiger partial charge in [-0.05, 0) is 12.1 Å². The van der Waals surface area contributed by atoms with Crippen LogP contribution in [-0.2, 0) is 4.79 Å². The van der Waals surface area contributed by atoms with E-state index in [1.165, 1.54) is 12.1 Å². The zero-order valence-corrected chi connectivity index (χ0v) is 10.0. The number of aliphatic hydroxyl groups excluding tert-OH is 1. The lowest BCUT2D eigenvalue weighted by Gasteiger charge is -2.38. The number of benzene rings is 1. The average Bonchev–Trinajstić information content (AvgIpc) is 2.27. The van der Waals surface area contributed by atoms with Gasteiger partial charge >= 0.3 is 0 Å². The van der Waals surface area contributed by atoms with Crippen molar-refractivity contribution in [2.75, 3.05) is 26.3 Å². The number of aliphatic hydroxyl groups is 1. The molecule has 1 aliphatic rings. The Morgan fingerprint density at radius 3 is 2.94 bits per heavy atom. The van der Waals surface area contributed by atoms with Crippen LogP contribution in [0.4, 0.5) is 4.39 Å². The van der Waals surface area contributed by atoms with Crippen LogP contribution in [0.15, 0.2) is 24.3 Å². The van der Waals surface area contributed by atoms with E-state index in [1.807, 2.05) is 0 Å². The summed E-state index contributed by atoms with van der Waals surface area (Å²) in [6, 6.07) is 5.84. The molecule has 0 bridgehead atoms. The molecule has 98 valence electrons. The molecule has 1 fully saturated rings. The van der Waals surface area contributed by atoms with E-state index in [9.17, 15) is 9.18 Å². The van der Waals surface area contributed by atoms with E-state index in [0.29, 0.717) is 18.8 Å². The minimum atomic E-state index is -0.354. The van der Waals surface area contributed by atoms with Crippen molar-refractivity contribution < 1.29 is 19.0 Å². The second-order valence-corrected chi connectivity index (χ2v) is 4.40. The van der Waals surface area contributed by atoms with Crippen molar-refractivity contribution in [1.29, 1.82) is 0 Å². The first kappa shape index (κ1) is 12.8. The van der Waals surface area contributed by atoms with E-state index in [2.05, 4.69) is 0 Å². The van der Waals surface area contributed by atoms with Gasteiger partial charge in [-0.3, -0.25) is 4.79 Å². The van der Waals surface area contributed by atoms with Crippen molar-refractivity contribution >= 4 is 5.91 Å². The van der Waals surface area contributed by atoms with Gasteiger partial charge in [-0.25, -0.2) is 4.39 Å². The number of hydrogen-bond donors (Lipinski definition) is 1. The molecule has 18 heavy (non-hydrogen) atoms. The van der Waals surface area contributed by atoms with Gasteiger partial charge < -0.3 is 14.7 Å². The Morgan fingerprint density at radius 2 is 2.28 bits per heavy atom. The van der Waals surface area contributed by atoms with Gasteiger partial charge in [0.05, 0.1) is 13.0 Å². The molecule has 0 aliphatic carbocycles. The fourth-order valence-electron chi connectivity index (χ4n) is 1.86. The molecule has 4 nitrogen and oxygen atoms in total. The molecule has 1 aromatic rings. The molecule has 1 amide bonds. The molecular formula is C13H16FNO3. The highest BCUT2D eigenvalue weighted by Crippen LogP contribution is 2.16. The number of halogens is 1. The van der Waals surface area contributed by atoms with Crippen molar-refractivity contribution in [2.45, 2.75) is 6.42 Å². The fourth-order valence-corrected chi connectivity index (χ4v) is 1.86. The zero-order chi connectivity index (χ0) is 13.0. The molecular weight excluding hydrogens is 237 g/mol. The summed E-state index contributed by atoms with van der Waals surface area (Å²) in [5.74, 6) is 0.307. The van der Waals surface area contributed by atoms with Crippen LogP contribution in [0.2, 0.25) is 0 Å². The lowest BCUT2D eigenvalue weighted by Crippen LogP contribution is -2.51. The lowest BCUT2D eigenvalue weighted by molar-refractivity contribution is -0.138. The monoisotopic (exact) mass is 253 g/mol. The number of hydrogen-bond acceptors (Lipinski definition) is 3. The molecule has 1 aromatic carbocycles. The minimum Gasteiger partial charge on any atom is -0.493 e. The number of rotatable bonds is 5. The molecule has 5 heteroatoms. The Balaban J connectivity index is 1.68. The molecule has 1 aliphatic heterocycles. The summed E-state index contributed by atoms with van der Waals surface area (Å²) in [4.78, 5) is 13.3. The summed E-state index contributed by atoms with van der Waals surface area (Å²) in [6.45, 7) is 1.61. The van der Waals surface area contributed by atoms with Crippen molar-refractivity contribution in [3.8, 4) is 5.75 Å². The first-order valence-corrected chi connectivity index (χ1v) is 5.96. The summed E-state index contributed by atoms with van der Waals surface area (Å²) >= 11 is 0. The quantitative estimate of drug-likeness (QED) is 0.853. The molecule has 0 unspecified atom stereocenters. The molecule has 0 atom stereocenters. The Labute approximate surface area is 105 Å². The van der Waals surface area contributed by atoms with Crippen LogP contribution in [0, 0.1) is 11.7 Å². The van der Waals surface area contributed by atoms with Crippen LogP contribution in [-0.4, -0.2) is 42.2 Å². The van der Waals surface area contributed by atoms with Crippen molar-refractivity contribution in [3.63, 3.8) is 0 Å². The summed E-state index contributed by atoms with van der Waals surface area (Å²) < 4.78 is 18.1. The maximum Gasteiger partial charge on any atom is 0.226 e. The van der Waals surface area contributed by atoms with Gasteiger partial charge in [-0.15, -0.1) is 0 Å². The maximum absolute atomic E-state index is 12.8. The Bertz CT molecular complexity index is 418. The molecule has 2 rings (SSSR count). The van der Waals surface area contributed by atoms with Gasteiger partial charge in [0.25, 0.3) is 0 Å². The normalized spacial score (nSPS) is 15.3. The summed E-state index contributed by atoms with van der Waals surface area (Å²) in [5.41, 5.74) is 0. The third-order valence-electron chi connectivity index (χ3n) is 2.95. The summed E-state index contributed by atoms with van der Waals surface area (Å²) in [5, 5.41) is 8.84. The van der Waals surface area contributed by atoms with Crippen LogP contribution in [0.25, 0.3) is 0 Å². The fraction of sp³-hybridized carbons (Fsp3) is 0.462. The van der Waals surface area contributed by atoms with Crippen molar-refractivity contribution in [1.82, 2.24) is 4.90 Å². The number of carbonyl (C=O) groups excluding carboxylic acids is 1. The van der Waals surface area contributed by atoms with Gasteiger partial charge in [-0.1, -0.05) is 6.07 Å². The molecule has 0 saturated carbocycles. The van der Waals surface area contributed by atoms with Crippen LogP contribution in [0.5, 0.6) is 5.75 Å². The first-order valence-electron chi connectivity index (χ1n) is 5.96. The standard InChI is InChI=1S/C13H16FNO3/c14-11-2-1-3-12(6-11)18-5-4-13(17)15-7-10(8-15)9-16/h1-3,6,10,16H,4-5,7-9H2. The van der Waals surface area contributed by atoms with Gasteiger partial charge in [0, 0.05) is 31.7 Å². The van der Waals surface area contributed by atoms with E-state index >= 15 is 0 Å². The topological polar surface area (TPSA) is 49.8 Å². The second kappa shape index (κ2) is 5.82. The van der Waals surface area contributed by atoms with Crippen molar-refractivity contribution in [3.05, 3.63) is 30.1 Å². The Kier molecular flexibility index (Phi) is 4.15. The summed E-state index contributed by atoms with van der Waals surface area (Å²) in [7, 11) is 0. The van der Waals surface area contributed by atoms with E-state index in [-0.39, 0.29) is 37.3 Å². The van der Waals surface area contributed by atoms with Gasteiger partial charge in [-0.2, -0.15) is 0 Å². The minimum absolute atomic E-state index is 0.0103. The largest absolute Gasteiger partial charge is 0.493 e. The van der Waals surface area contributed by atoms with E-state index in [4.69, 9.17) is 9.84 Å². The predicted molar refractivity (Wildman–Crippen MR) is 63.7 cm³/mol. The number of amides is 1.